The van der Waals surface area contributed by atoms with Gasteiger partial charge >= 0.3 is 0 Å². The lowest BCUT2D eigenvalue weighted by atomic mass is 10.1. The standard InChI is InChI=1S/C13H26BrNO3/c1-2-3-4-5-6-7-8-9-10-11-12(16)13(14)15(17)18/h12-13,16H,2-11H2,1H3. The van der Waals surface area contributed by atoms with E-state index in [2.05, 4.69) is 22.9 Å². The lowest BCUT2D eigenvalue weighted by molar-refractivity contribution is -0.504. The topological polar surface area (TPSA) is 63.4 Å². The van der Waals surface area contributed by atoms with Crippen LogP contribution in [0.2, 0.25) is 0 Å². The maximum absolute atomic E-state index is 10.4. The molecule has 0 aliphatic rings. The Morgan fingerprint density at radius 2 is 1.50 bits per heavy atom. The number of aliphatic hydroxyl groups excluding tert-OH is 1. The monoisotopic (exact) mass is 323 g/mol. The molecule has 4 nitrogen and oxygen atoms in total. The minimum absolute atomic E-state index is 0.488. The van der Waals surface area contributed by atoms with Crippen LogP contribution in [0.4, 0.5) is 0 Å². The van der Waals surface area contributed by atoms with E-state index < -0.39 is 16.0 Å². The number of unbranched alkanes of at least 4 members (excludes halogenated alkanes) is 8. The smallest absolute Gasteiger partial charge is 0.291 e. The fourth-order valence-corrected chi connectivity index (χ4v) is 2.21. The molecule has 0 saturated heterocycles. The molecule has 1 N–H and O–H groups in total. The largest absolute Gasteiger partial charge is 0.385 e. The van der Waals surface area contributed by atoms with E-state index in [1.54, 1.807) is 0 Å². The fraction of sp³-hybridized carbons (Fsp3) is 1.00. The van der Waals surface area contributed by atoms with Crippen LogP contribution in [0.25, 0.3) is 0 Å². The molecule has 18 heavy (non-hydrogen) atoms. The van der Waals surface area contributed by atoms with Gasteiger partial charge in [-0.15, -0.1) is 0 Å². The van der Waals surface area contributed by atoms with Gasteiger partial charge in [-0.2, -0.15) is 0 Å². The summed E-state index contributed by atoms with van der Waals surface area (Å²) in [4.78, 5) is 8.89. The Morgan fingerprint density at radius 1 is 1.06 bits per heavy atom. The van der Waals surface area contributed by atoms with E-state index >= 15 is 0 Å². The van der Waals surface area contributed by atoms with Gasteiger partial charge in [0.15, 0.2) is 0 Å². The van der Waals surface area contributed by atoms with Crippen molar-refractivity contribution in [1.82, 2.24) is 0 Å². The molecule has 0 aromatic heterocycles. The summed E-state index contributed by atoms with van der Waals surface area (Å²) in [5.41, 5.74) is 0. The van der Waals surface area contributed by atoms with Gasteiger partial charge in [-0.05, 0) is 22.4 Å². The van der Waals surface area contributed by atoms with Crippen LogP contribution in [0.3, 0.4) is 0 Å². The van der Waals surface area contributed by atoms with Crippen molar-refractivity contribution in [1.29, 1.82) is 0 Å². The lowest BCUT2D eigenvalue weighted by Gasteiger charge is -2.10. The first kappa shape index (κ1) is 17.8. The summed E-state index contributed by atoms with van der Waals surface area (Å²) >= 11 is 2.88. The van der Waals surface area contributed by atoms with E-state index in [9.17, 15) is 15.2 Å². The van der Waals surface area contributed by atoms with E-state index in [1.807, 2.05) is 0 Å². The zero-order valence-electron chi connectivity index (χ0n) is 11.3. The predicted octanol–water partition coefficient (Wildman–Crippen LogP) is 4.27. The van der Waals surface area contributed by atoms with E-state index in [0.717, 1.165) is 12.8 Å². The van der Waals surface area contributed by atoms with Crippen molar-refractivity contribution in [2.75, 3.05) is 0 Å². The number of alkyl halides is 1. The maximum atomic E-state index is 10.4. The second-order valence-electron chi connectivity index (χ2n) is 4.84. The first-order valence-electron chi connectivity index (χ1n) is 7.05. The molecule has 0 bridgehead atoms. The van der Waals surface area contributed by atoms with Gasteiger partial charge in [-0.3, -0.25) is 10.1 Å². The highest BCUT2D eigenvalue weighted by molar-refractivity contribution is 9.09. The van der Waals surface area contributed by atoms with Crippen LogP contribution < -0.4 is 0 Å². The fourth-order valence-electron chi connectivity index (χ4n) is 1.94. The molecule has 2 atom stereocenters. The molecule has 0 spiro atoms. The molecular formula is C13H26BrNO3. The highest BCUT2D eigenvalue weighted by Gasteiger charge is 2.25. The molecule has 0 radical (unpaired) electrons. The van der Waals surface area contributed by atoms with Gasteiger partial charge in [-0.1, -0.05) is 64.7 Å². The van der Waals surface area contributed by atoms with Gasteiger partial charge in [0, 0.05) is 4.92 Å². The summed E-state index contributed by atoms with van der Waals surface area (Å²) in [6, 6.07) is 0. The number of hydrogen-bond acceptors (Lipinski definition) is 3. The first-order valence-corrected chi connectivity index (χ1v) is 7.96. The Hall–Kier alpha value is -0.160. The molecule has 0 rings (SSSR count). The second-order valence-corrected chi connectivity index (χ2v) is 5.78. The van der Waals surface area contributed by atoms with Crippen LogP contribution in [-0.2, 0) is 0 Å². The maximum Gasteiger partial charge on any atom is 0.291 e. The predicted molar refractivity (Wildman–Crippen MR) is 77.6 cm³/mol. The number of halogens is 1. The SMILES string of the molecule is CCCCCCCCCCCC(O)C(Br)[N+](=O)[O-]. The highest BCUT2D eigenvalue weighted by Crippen LogP contribution is 2.15. The summed E-state index contributed by atoms with van der Waals surface area (Å²) in [6.45, 7) is 2.22. The summed E-state index contributed by atoms with van der Waals surface area (Å²) in [5, 5.41) is 19.9. The Balaban J connectivity index is 3.27. The van der Waals surface area contributed by atoms with Crippen LogP contribution in [0.5, 0.6) is 0 Å². The Kier molecular flexibility index (Phi) is 11.8. The first-order chi connectivity index (χ1) is 8.59. The van der Waals surface area contributed by atoms with Crippen LogP contribution in [0.1, 0.15) is 71.1 Å². The molecule has 0 amide bonds. The molecule has 0 saturated carbocycles. The van der Waals surface area contributed by atoms with Crippen molar-refractivity contribution < 1.29 is 10.0 Å². The molecule has 0 heterocycles. The van der Waals surface area contributed by atoms with Crippen molar-refractivity contribution in [3.8, 4) is 0 Å². The normalized spacial score (nSPS) is 14.4. The quantitative estimate of drug-likeness (QED) is 0.192. The Labute approximate surface area is 118 Å². The number of aliphatic hydroxyl groups is 1. The van der Waals surface area contributed by atoms with Crippen molar-refractivity contribution in [3.05, 3.63) is 10.1 Å². The number of nitro groups is 1. The van der Waals surface area contributed by atoms with E-state index in [-0.39, 0.29) is 0 Å². The number of rotatable bonds is 12. The Bertz CT molecular complexity index is 214. The third-order valence-electron chi connectivity index (χ3n) is 3.12. The van der Waals surface area contributed by atoms with E-state index in [4.69, 9.17) is 0 Å². The lowest BCUT2D eigenvalue weighted by Crippen LogP contribution is -2.27. The third kappa shape index (κ3) is 9.83. The van der Waals surface area contributed by atoms with Crippen LogP contribution in [0, 0.1) is 10.1 Å². The number of hydrogen-bond donors (Lipinski definition) is 1. The molecule has 108 valence electrons. The molecule has 2 unspecified atom stereocenters. The van der Waals surface area contributed by atoms with Gasteiger partial charge in [0.05, 0.1) is 0 Å². The zero-order valence-corrected chi connectivity index (χ0v) is 12.9. The third-order valence-corrected chi connectivity index (χ3v) is 4.07. The van der Waals surface area contributed by atoms with Crippen molar-refractivity contribution in [3.63, 3.8) is 0 Å². The minimum atomic E-state index is -1.02. The van der Waals surface area contributed by atoms with E-state index in [1.165, 1.54) is 44.9 Å². The van der Waals surface area contributed by atoms with Gasteiger partial charge in [-0.25, -0.2) is 0 Å². The molecule has 0 aromatic carbocycles. The van der Waals surface area contributed by atoms with Crippen molar-refractivity contribution >= 4 is 15.9 Å². The second kappa shape index (κ2) is 11.9. The molecule has 0 fully saturated rings. The summed E-state index contributed by atoms with van der Waals surface area (Å²) < 4.78 is 0. The highest BCUT2D eigenvalue weighted by atomic mass is 79.9. The summed E-state index contributed by atoms with van der Waals surface area (Å²) in [6.07, 6.45) is 10.5. The number of nitrogens with zero attached hydrogens (tertiary/aromatic N) is 1. The average Bonchev–Trinajstić information content (AvgIpc) is 2.35. The zero-order chi connectivity index (χ0) is 13.8. The van der Waals surface area contributed by atoms with Gasteiger partial charge in [0.2, 0.25) is 0 Å². The van der Waals surface area contributed by atoms with Gasteiger partial charge in [0.1, 0.15) is 6.10 Å². The summed E-state index contributed by atoms with van der Waals surface area (Å²) in [5.74, 6) is 0. The minimum Gasteiger partial charge on any atom is -0.385 e. The molecule has 0 aromatic rings. The molecule has 5 heteroatoms. The van der Waals surface area contributed by atoms with E-state index in [0.29, 0.717) is 6.42 Å². The van der Waals surface area contributed by atoms with Gasteiger partial charge < -0.3 is 5.11 Å². The van der Waals surface area contributed by atoms with Crippen molar-refractivity contribution in [2.24, 2.45) is 0 Å². The van der Waals surface area contributed by atoms with Crippen LogP contribution >= 0.6 is 15.9 Å². The average molecular weight is 324 g/mol. The molecular weight excluding hydrogens is 298 g/mol. The van der Waals surface area contributed by atoms with Crippen molar-refractivity contribution in [2.45, 2.75) is 82.2 Å². The summed E-state index contributed by atoms with van der Waals surface area (Å²) in [7, 11) is 0. The van der Waals surface area contributed by atoms with Crippen LogP contribution in [0.15, 0.2) is 0 Å². The Morgan fingerprint density at radius 3 is 1.94 bits per heavy atom. The molecule has 0 aliphatic heterocycles. The molecule has 0 aliphatic carbocycles. The van der Waals surface area contributed by atoms with Gasteiger partial charge in [0.25, 0.3) is 4.95 Å². The van der Waals surface area contributed by atoms with Crippen LogP contribution in [-0.4, -0.2) is 21.1 Å².